The van der Waals surface area contributed by atoms with Crippen molar-refractivity contribution in [2.45, 2.75) is 25.8 Å². The summed E-state index contributed by atoms with van der Waals surface area (Å²) in [6, 6.07) is 10.4. The Morgan fingerprint density at radius 3 is 2.77 bits per heavy atom. The first-order valence-corrected chi connectivity index (χ1v) is 7.44. The third-order valence-corrected chi connectivity index (χ3v) is 3.37. The van der Waals surface area contributed by atoms with Gasteiger partial charge in [-0.05, 0) is 50.1 Å². The van der Waals surface area contributed by atoms with E-state index in [-0.39, 0.29) is 12.2 Å². The van der Waals surface area contributed by atoms with E-state index in [4.69, 9.17) is 14.6 Å². The first-order chi connectivity index (χ1) is 10.7. The molecule has 118 valence electrons. The van der Waals surface area contributed by atoms with E-state index in [1.165, 1.54) is 0 Å². The topological polar surface area (TPSA) is 82.7 Å². The largest absolute Gasteiger partial charge is 0.478 e. The number of unbranched alkanes of at least 4 members (excludes halogenated alkanes) is 2. The Balaban J connectivity index is 1.88. The molecule has 5 heteroatoms. The maximum atomic E-state index is 11.0. The Bertz CT molecular complexity index is 606. The second-order valence-corrected chi connectivity index (χ2v) is 5.11. The maximum absolute atomic E-state index is 11.0. The number of benzene rings is 1. The van der Waals surface area contributed by atoms with Crippen molar-refractivity contribution in [3.05, 3.63) is 47.7 Å². The average molecular weight is 303 g/mol. The number of aliphatic hydroxyl groups excluding tert-OH is 1. The van der Waals surface area contributed by atoms with E-state index in [9.17, 15) is 4.79 Å². The molecule has 0 saturated heterocycles. The fourth-order valence-corrected chi connectivity index (χ4v) is 2.18. The molecule has 22 heavy (non-hydrogen) atoms. The fraction of sp³-hybridized carbons (Fsp3) is 0.353. The van der Waals surface area contributed by atoms with Gasteiger partial charge >= 0.3 is 5.97 Å². The number of hydrogen-bond donors (Lipinski definition) is 3. The van der Waals surface area contributed by atoms with Crippen LogP contribution in [0.1, 0.15) is 35.4 Å². The van der Waals surface area contributed by atoms with Crippen molar-refractivity contribution in [3.8, 4) is 11.3 Å². The van der Waals surface area contributed by atoms with Crippen LogP contribution >= 0.6 is 0 Å². The lowest BCUT2D eigenvalue weighted by atomic mass is 10.1. The van der Waals surface area contributed by atoms with Gasteiger partial charge < -0.3 is 19.9 Å². The molecule has 0 saturated carbocycles. The lowest BCUT2D eigenvalue weighted by molar-refractivity contribution is 0.0697. The van der Waals surface area contributed by atoms with Crippen LogP contribution in [0.3, 0.4) is 0 Å². The summed E-state index contributed by atoms with van der Waals surface area (Å²) >= 11 is 0. The number of carboxylic acids is 1. The predicted molar refractivity (Wildman–Crippen MR) is 83.7 cm³/mol. The van der Waals surface area contributed by atoms with E-state index in [0.717, 1.165) is 37.1 Å². The second-order valence-electron chi connectivity index (χ2n) is 5.11. The third-order valence-electron chi connectivity index (χ3n) is 3.37. The summed E-state index contributed by atoms with van der Waals surface area (Å²) in [5.41, 5.74) is 1.01. The van der Waals surface area contributed by atoms with Crippen LogP contribution in [0.25, 0.3) is 11.3 Å². The SMILES string of the molecule is O=C(O)c1cccc(-c2ccc(CNCCCCCO)o2)c1. The number of carboxylic acid groups (broad SMARTS) is 1. The highest BCUT2D eigenvalue weighted by Gasteiger charge is 2.08. The summed E-state index contributed by atoms with van der Waals surface area (Å²) in [5, 5.41) is 21.0. The minimum atomic E-state index is -0.946. The van der Waals surface area contributed by atoms with Crippen LogP contribution in [0.15, 0.2) is 40.8 Å². The van der Waals surface area contributed by atoms with Gasteiger partial charge in [0, 0.05) is 12.2 Å². The number of rotatable bonds is 9. The molecule has 3 N–H and O–H groups in total. The van der Waals surface area contributed by atoms with Gasteiger partial charge in [-0.25, -0.2) is 4.79 Å². The van der Waals surface area contributed by atoms with E-state index >= 15 is 0 Å². The molecule has 0 aliphatic heterocycles. The first-order valence-electron chi connectivity index (χ1n) is 7.44. The molecule has 0 radical (unpaired) electrons. The highest BCUT2D eigenvalue weighted by molar-refractivity contribution is 5.89. The summed E-state index contributed by atoms with van der Waals surface area (Å²) in [5.74, 6) is 0.538. The van der Waals surface area contributed by atoms with Crippen molar-refractivity contribution in [1.29, 1.82) is 0 Å². The fourth-order valence-electron chi connectivity index (χ4n) is 2.18. The highest BCUT2D eigenvalue weighted by atomic mass is 16.4. The molecule has 1 aromatic heterocycles. The highest BCUT2D eigenvalue weighted by Crippen LogP contribution is 2.23. The van der Waals surface area contributed by atoms with Gasteiger partial charge in [0.15, 0.2) is 0 Å². The molecule has 0 amide bonds. The molecule has 1 heterocycles. The van der Waals surface area contributed by atoms with Gasteiger partial charge in [0.25, 0.3) is 0 Å². The number of aromatic carboxylic acids is 1. The monoisotopic (exact) mass is 303 g/mol. The maximum Gasteiger partial charge on any atom is 0.335 e. The molecular weight excluding hydrogens is 282 g/mol. The van der Waals surface area contributed by atoms with E-state index in [2.05, 4.69) is 5.32 Å². The molecular formula is C17H21NO4. The van der Waals surface area contributed by atoms with Crippen LogP contribution in [-0.4, -0.2) is 29.3 Å². The molecule has 0 unspecified atom stereocenters. The van der Waals surface area contributed by atoms with E-state index < -0.39 is 5.97 Å². The third kappa shape index (κ3) is 4.72. The van der Waals surface area contributed by atoms with Crippen LogP contribution < -0.4 is 5.32 Å². The molecule has 2 rings (SSSR count). The summed E-state index contributed by atoms with van der Waals surface area (Å²) < 4.78 is 5.74. The van der Waals surface area contributed by atoms with Crippen molar-refractivity contribution in [3.63, 3.8) is 0 Å². The van der Waals surface area contributed by atoms with Crippen molar-refractivity contribution in [1.82, 2.24) is 5.32 Å². The zero-order valence-corrected chi connectivity index (χ0v) is 12.4. The van der Waals surface area contributed by atoms with Crippen molar-refractivity contribution < 1.29 is 19.4 Å². The van der Waals surface area contributed by atoms with Gasteiger partial charge in [-0.3, -0.25) is 0 Å². The molecule has 0 atom stereocenters. The molecule has 2 aromatic rings. The minimum Gasteiger partial charge on any atom is -0.478 e. The van der Waals surface area contributed by atoms with Crippen LogP contribution in [0, 0.1) is 0 Å². The van der Waals surface area contributed by atoms with E-state index in [1.54, 1.807) is 18.2 Å². The zero-order chi connectivity index (χ0) is 15.8. The van der Waals surface area contributed by atoms with Crippen molar-refractivity contribution in [2.75, 3.05) is 13.2 Å². The predicted octanol–water partition coefficient (Wildman–Crippen LogP) is 2.90. The van der Waals surface area contributed by atoms with Crippen LogP contribution in [0.2, 0.25) is 0 Å². The second kappa shape index (κ2) is 8.36. The number of hydrogen-bond acceptors (Lipinski definition) is 4. The van der Waals surface area contributed by atoms with Gasteiger partial charge in [-0.2, -0.15) is 0 Å². The molecule has 0 spiro atoms. The van der Waals surface area contributed by atoms with E-state index in [1.807, 2.05) is 18.2 Å². The molecule has 1 aromatic carbocycles. The number of nitrogens with one attached hydrogen (secondary N) is 1. The van der Waals surface area contributed by atoms with Crippen LogP contribution in [0.4, 0.5) is 0 Å². The number of aliphatic hydroxyl groups is 1. The van der Waals surface area contributed by atoms with Gasteiger partial charge in [0.05, 0.1) is 12.1 Å². The lowest BCUT2D eigenvalue weighted by Crippen LogP contribution is -2.14. The van der Waals surface area contributed by atoms with Gasteiger partial charge in [-0.1, -0.05) is 12.1 Å². The standard InChI is InChI=1S/C17H21NO4/c19-10-3-1-2-9-18-12-15-7-8-16(22-15)13-5-4-6-14(11-13)17(20)21/h4-8,11,18-19H,1-3,9-10,12H2,(H,20,21). The Hall–Kier alpha value is -2.11. The Labute approximate surface area is 129 Å². The number of furan rings is 1. The van der Waals surface area contributed by atoms with Crippen LogP contribution in [0.5, 0.6) is 0 Å². The minimum absolute atomic E-state index is 0.247. The molecule has 0 bridgehead atoms. The summed E-state index contributed by atoms with van der Waals surface area (Å²) in [4.78, 5) is 11.0. The first kappa shape index (κ1) is 16.3. The Kier molecular flexibility index (Phi) is 6.18. The van der Waals surface area contributed by atoms with Crippen LogP contribution in [-0.2, 0) is 6.54 Å². The van der Waals surface area contributed by atoms with Gasteiger partial charge in [-0.15, -0.1) is 0 Å². The molecule has 0 aliphatic carbocycles. The van der Waals surface area contributed by atoms with Crippen molar-refractivity contribution in [2.24, 2.45) is 0 Å². The average Bonchev–Trinajstić information content (AvgIpc) is 3.00. The quantitative estimate of drug-likeness (QED) is 0.620. The smallest absolute Gasteiger partial charge is 0.335 e. The molecule has 5 nitrogen and oxygen atoms in total. The summed E-state index contributed by atoms with van der Waals surface area (Å²) in [6.45, 7) is 1.76. The van der Waals surface area contributed by atoms with Gasteiger partial charge in [0.2, 0.25) is 0 Å². The Morgan fingerprint density at radius 2 is 2.00 bits per heavy atom. The molecule has 0 aliphatic rings. The normalized spacial score (nSPS) is 10.8. The Morgan fingerprint density at radius 1 is 1.14 bits per heavy atom. The van der Waals surface area contributed by atoms with Crippen molar-refractivity contribution >= 4 is 5.97 Å². The molecule has 0 fully saturated rings. The van der Waals surface area contributed by atoms with E-state index in [0.29, 0.717) is 12.3 Å². The number of carbonyl (C=O) groups is 1. The van der Waals surface area contributed by atoms with Gasteiger partial charge in [0.1, 0.15) is 11.5 Å². The summed E-state index contributed by atoms with van der Waals surface area (Å²) in [6.07, 6.45) is 2.87. The zero-order valence-electron chi connectivity index (χ0n) is 12.4. The lowest BCUT2D eigenvalue weighted by Gasteiger charge is -2.02. The summed E-state index contributed by atoms with van der Waals surface area (Å²) in [7, 11) is 0.